The first kappa shape index (κ1) is 30.4. The summed E-state index contributed by atoms with van der Waals surface area (Å²) in [6.45, 7) is 5.69. The summed E-state index contributed by atoms with van der Waals surface area (Å²) in [6, 6.07) is 2.93. The van der Waals surface area contributed by atoms with Crippen LogP contribution in [-0.4, -0.2) is 64.2 Å². The smallest absolute Gasteiger partial charge is 0.341 e. The average Bonchev–Trinajstić information content (AvgIpc) is 2.80. The molecule has 0 aliphatic heterocycles. The zero-order valence-electron chi connectivity index (χ0n) is 19.8. The van der Waals surface area contributed by atoms with E-state index in [1.54, 1.807) is 0 Å². The number of ether oxygens (including phenoxy) is 1. The van der Waals surface area contributed by atoms with Gasteiger partial charge in [-0.25, -0.2) is 9.59 Å². The fraction of sp³-hybridized carbons (Fsp3) is 0.522. The SMILES string of the molecule is CC.CCCCCNC(=O)C(Cc1ccc(OCC(=O)O)c(C(=O)O)c1)NC(=O)CCC(=O)O. The third kappa shape index (κ3) is 12.4. The summed E-state index contributed by atoms with van der Waals surface area (Å²) >= 11 is 0. The number of carbonyl (C=O) groups is 5. The number of rotatable bonds is 15. The van der Waals surface area contributed by atoms with Crippen LogP contribution in [0.4, 0.5) is 0 Å². The molecule has 1 aromatic carbocycles. The van der Waals surface area contributed by atoms with Crippen molar-refractivity contribution in [2.45, 2.75) is 65.3 Å². The normalized spacial score (nSPS) is 10.8. The van der Waals surface area contributed by atoms with Crippen LogP contribution in [0.1, 0.15) is 68.8 Å². The maximum absolute atomic E-state index is 12.6. The fourth-order valence-electron chi connectivity index (χ4n) is 2.78. The van der Waals surface area contributed by atoms with Crippen LogP contribution in [0.3, 0.4) is 0 Å². The molecule has 1 unspecified atom stereocenters. The van der Waals surface area contributed by atoms with Gasteiger partial charge in [-0.2, -0.15) is 0 Å². The number of hydrogen-bond acceptors (Lipinski definition) is 6. The standard InChI is InChI=1S/C21H28N2O9.C2H6/c1-2-3-4-9-22-20(29)15(23-17(24)7-8-18(25)26)11-13-5-6-16(32-12-19(27)28)14(10-13)21(30)31;1-2/h5-6,10,15H,2-4,7-9,11-12H2,1H3,(H,22,29)(H,23,24)(H,25,26)(H,27,28)(H,30,31);1-2H3. The van der Waals surface area contributed by atoms with Crippen LogP contribution in [0.5, 0.6) is 5.75 Å². The predicted molar refractivity (Wildman–Crippen MR) is 123 cm³/mol. The van der Waals surface area contributed by atoms with E-state index >= 15 is 0 Å². The van der Waals surface area contributed by atoms with Gasteiger partial charge >= 0.3 is 17.9 Å². The number of nitrogens with one attached hydrogen (secondary N) is 2. The van der Waals surface area contributed by atoms with Gasteiger partial charge in [-0.15, -0.1) is 0 Å². The summed E-state index contributed by atoms with van der Waals surface area (Å²) in [7, 11) is 0. The number of aliphatic carboxylic acids is 2. The highest BCUT2D eigenvalue weighted by atomic mass is 16.5. The van der Waals surface area contributed by atoms with Gasteiger partial charge in [-0.3, -0.25) is 14.4 Å². The summed E-state index contributed by atoms with van der Waals surface area (Å²) in [5.74, 6) is -5.01. The first-order chi connectivity index (χ1) is 16.1. The number of carboxylic acid groups (broad SMARTS) is 3. The largest absolute Gasteiger partial charge is 0.481 e. The van der Waals surface area contributed by atoms with Crippen molar-refractivity contribution in [2.75, 3.05) is 13.2 Å². The van der Waals surface area contributed by atoms with E-state index in [0.717, 1.165) is 19.3 Å². The first-order valence-electron chi connectivity index (χ1n) is 11.1. The molecular formula is C23H34N2O9. The monoisotopic (exact) mass is 482 g/mol. The third-order valence-corrected chi connectivity index (χ3v) is 4.36. The van der Waals surface area contributed by atoms with Gasteiger partial charge in [-0.05, 0) is 24.1 Å². The minimum Gasteiger partial charge on any atom is -0.481 e. The maximum atomic E-state index is 12.6. The van der Waals surface area contributed by atoms with Gasteiger partial charge in [-0.1, -0.05) is 39.7 Å². The van der Waals surface area contributed by atoms with Crippen LogP contribution in [0, 0.1) is 0 Å². The predicted octanol–water partition coefficient (Wildman–Crippen LogP) is 2.07. The molecule has 1 atom stereocenters. The highest BCUT2D eigenvalue weighted by Gasteiger charge is 2.23. The van der Waals surface area contributed by atoms with E-state index in [-0.39, 0.29) is 24.2 Å². The van der Waals surface area contributed by atoms with Gasteiger partial charge in [0.2, 0.25) is 11.8 Å². The molecule has 0 bridgehead atoms. The van der Waals surface area contributed by atoms with Crippen LogP contribution >= 0.6 is 0 Å². The van der Waals surface area contributed by atoms with E-state index in [2.05, 4.69) is 10.6 Å². The molecular weight excluding hydrogens is 448 g/mol. The van der Waals surface area contributed by atoms with E-state index in [1.165, 1.54) is 18.2 Å². The number of unbranched alkanes of at least 4 members (excludes halogenated alkanes) is 2. The van der Waals surface area contributed by atoms with Gasteiger partial charge in [0.05, 0.1) is 6.42 Å². The van der Waals surface area contributed by atoms with Crippen molar-refractivity contribution >= 4 is 29.7 Å². The van der Waals surface area contributed by atoms with Crippen molar-refractivity contribution < 1.29 is 44.0 Å². The Bertz CT molecular complexity index is 840. The van der Waals surface area contributed by atoms with E-state index in [9.17, 15) is 29.1 Å². The van der Waals surface area contributed by atoms with Crippen molar-refractivity contribution in [1.29, 1.82) is 0 Å². The van der Waals surface area contributed by atoms with Crippen LogP contribution in [-0.2, 0) is 25.6 Å². The van der Waals surface area contributed by atoms with Gasteiger partial charge < -0.3 is 30.7 Å². The topological polar surface area (TPSA) is 179 Å². The second-order valence-corrected chi connectivity index (χ2v) is 7.03. The Balaban J connectivity index is 0.00000529. The lowest BCUT2D eigenvalue weighted by molar-refractivity contribution is -0.139. The zero-order chi connectivity index (χ0) is 26.1. The molecule has 11 heteroatoms. The molecule has 34 heavy (non-hydrogen) atoms. The third-order valence-electron chi connectivity index (χ3n) is 4.36. The van der Waals surface area contributed by atoms with E-state index in [1.807, 2.05) is 20.8 Å². The number of amides is 2. The first-order valence-corrected chi connectivity index (χ1v) is 11.1. The van der Waals surface area contributed by atoms with Gasteiger partial charge in [0, 0.05) is 19.4 Å². The molecule has 0 saturated carbocycles. The second-order valence-electron chi connectivity index (χ2n) is 7.03. The Morgan fingerprint density at radius 3 is 2.21 bits per heavy atom. The van der Waals surface area contributed by atoms with Crippen LogP contribution in [0.2, 0.25) is 0 Å². The molecule has 0 saturated heterocycles. The van der Waals surface area contributed by atoms with E-state index in [4.69, 9.17) is 14.9 Å². The lowest BCUT2D eigenvalue weighted by atomic mass is 10.0. The summed E-state index contributed by atoms with van der Waals surface area (Å²) in [4.78, 5) is 57.6. The number of carboxylic acids is 3. The number of aromatic carboxylic acids is 1. The molecule has 0 aromatic heterocycles. The fourth-order valence-corrected chi connectivity index (χ4v) is 2.78. The molecule has 0 spiro atoms. The summed E-state index contributed by atoms with van der Waals surface area (Å²) in [5.41, 5.74) is 0.0976. The lowest BCUT2D eigenvalue weighted by Crippen LogP contribution is -2.48. The quantitative estimate of drug-likeness (QED) is 0.234. The Morgan fingerprint density at radius 2 is 1.65 bits per heavy atom. The molecule has 1 rings (SSSR count). The molecule has 1 aromatic rings. The number of carbonyl (C=O) groups excluding carboxylic acids is 2. The van der Waals surface area contributed by atoms with Crippen LogP contribution in [0.15, 0.2) is 18.2 Å². The Kier molecular flexibility index (Phi) is 15.1. The van der Waals surface area contributed by atoms with E-state index < -0.39 is 48.8 Å². The summed E-state index contributed by atoms with van der Waals surface area (Å²) < 4.78 is 4.98. The van der Waals surface area contributed by atoms with Crippen molar-refractivity contribution in [3.05, 3.63) is 29.3 Å². The summed E-state index contributed by atoms with van der Waals surface area (Å²) in [5, 5.41) is 32.1. The Hall–Kier alpha value is -3.63. The van der Waals surface area contributed by atoms with Gasteiger partial charge in [0.1, 0.15) is 17.4 Å². The van der Waals surface area contributed by atoms with Crippen LogP contribution in [0.25, 0.3) is 0 Å². The molecule has 2 amide bonds. The lowest BCUT2D eigenvalue weighted by Gasteiger charge is -2.19. The van der Waals surface area contributed by atoms with Crippen molar-refractivity contribution in [1.82, 2.24) is 10.6 Å². The number of hydrogen-bond donors (Lipinski definition) is 5. The Labute approximate surface area is 198 Å². The molecule has 11 nitrogen and oxygen atoms in total. The molecule has 190 valence electrons. The summed E-state index contributed by atoms with van der Waals surface area (Å²) in [6.07, 6.45) is 1.86. The minimum absolute atomic E-state index is 0.0576. The van der Waals surface area contributed by atoms with Crippen molar-refractivity contribution in [3.8, 4) is 5.75 Å². The highest BCUT2D eigenvalue weighted by Crippen LogP contribution is 2.21. The van der Waals surface area contributed by atoms with E-state index in [0.29, 0.717) is 12.1 Å². The van der Waals surface area contributed by atoms with Gasteiger partial charge in [0.15, 0.2) is 6.61 Å². The second kappa shape index (κ2) is 16.9. The van der Waals surface area contributed by atoms with Crippen molar-refractivity contribution in [2.24, 2.45) is 0 Å². The molecule has 5 N–H and O–H groups in total. The Morgan fingerprint density at radius 1 is 0.971 bits per heavy atom. The molecule has 0 aliphatic rings. The van der Waals surface area contributed by atoms with Crippen molar-refractivity contribution in [3.63, 3.8) is 0 Å². The zero-order valence-corrected chi connectivity index (χ0v) is 19.8. The molecule has 0 fully saturated rings. The molecule has 0 aliphatic carbocycles. The number of benzene rings is 1. The van der Waals surface area contributed by atoms with Gasteiger partial charge in [0.25, 0.3) is 0 Å². The minimum atomic E-state index is -1.35. The highest BCUT2D eigenvalue weighted by molar-refractivity contribution is 5.92. The van der Waals surface area contributed by atoms with Crippen LogP contribution < -0.4 is 15.4 Å². The molecule has 0 heterocycles. The maximum Gasteiger partial charge on any atom is 0.341 e. The molecule has 0 radical (unpaired) electrons. The average molecular weight is 483 g/mol.